The Labute approximate surface area is 171 Å². The molecule has 0 aliphatic rings. The highest BCUT2D eigenvalue weighted by Gasteiger charge is 2.15. The summed E-state index contributed by atoms with van der Waals surface area (Å²) in [4.78, 5) is 23.6. The molecule has 2 aromatic rings. The molecule has 2 rings (SSSR count). The fourth-order valence-corrected chi connectivity index (χ4v) is 3.59. The van der Waals surface area contributed by atoms with Crippen LogP contribution in [0.25, 0.3) is 0 Å². The van der Waals surface area contributed by atoms with Crippen molar-refractivity contribution in [3.63, 3.8) is 0 Å². The van der Waals surface area contributed by atoms with Crippen molar-refractivity contribution >= 4 is 21.9 Å². The summed E-state index contributed by atoms with van der Waals surface area (Å²) in [6.45, 7) is 4.53. The molecule has 156 valence electrons. The van der Waals surface area contributed by atoms with Gasteiger partial charge in [-0.3, -0.25) is 4.79 Å². The van der Waals surface area contributed by atoms with Gasteiger partial charge in [-0.15, -0.1) is 0 Å². The van der Waals surface area contributed by atoms with Gasteiger partial charge in [-0.05, 0) is 50.1 Å². The van der Waals surface area contributed by atoms with Gasteiger partial charge in [-0.25, -0.2) is 17.9 Å². The zero-order chi connectivity index (χ0) is 21.3. The Morgan fingerprint density at radius 1 is 1.00 bits per heavy atom. The molecule has 0 aromatic heterocycles. The minimum atomic E-state index is -3.71. The molecule has 0 radical (unpaired) electrons. The van der Waals surface area contributed by atoms with E-state index in [4.69, 9.17) is 4.74 Å². The van der Waals surface area contributed by atoms with Crippen LogP contribution in [0.4, 0.5) is 0 Å². The van der Waals surface area contributed by atoms with Gasteiger partial charge < -0.3 is 10.1 Å². The number of rotatable bonds is 10. The van der Waals surface area contributed by atoms with E-state index in [9.17, 15) is 18.0 Å². The van der Waals surface area contributed by atoms with E-state index in [0.29, 0.717) is 13.0 Å². The molecule has 29 heavy (non-hydrogen) atoms. The van der Waals surface area contributed by atoms with E-state index in [0.717, 1.165) is 11.1 Å². The number of ether oxygens (including phenoxy) is 1. The van der Waals surface area contributed by atoms with Gasteiger partial charge in [0.1, 0.15) is 0 Å². The number of esters is 1. The summed E-state index contributed by atoms with van der Waals surface area (Å²) in [5, 5.41) is 2.81. The second-order valence-corrected chi connectivity index (χ2v) is 8.28. The normalized spacial score (nSPS) is 11.1. The summed E-state index contributed by atoms with van der Waals surface area (Å²) >= 11 is 0. The smallest absolute Gasteiger partial charge is 0.338 e. The molecule has 2 aromatic carbocycles. The third-order valence-electron chi connectivity index (χ3n) is 4.16. The molecule has 0 spiro atoms. The summed E-state index contributed by atoms with van der Waals surface area (Å²) in [6.07, 6.45) is 0.593. The van der Waals surface area contributed by atoms with E-state index in [-0.39, 0.29) is 35.9 Å². The van der Waals surface area contributed by atoms with Gasteiger partial charge >= 0.3 is 5.97 Å². The number of amides is 1. The Morgan fingerprint density at radius 3 is 2.28 bits per heavy atom. The van der Waals surface area contributed by atoms with Gasteiger partial charge in [0, 0.05) is 19.5 Å². The minimum Gasteiger partial charge on any atom is -0.462 e. The Balaban J connectivity index is 1.75. The van der Waals surface area contributed by atoms with Crippen LogP contribution in [-0.2, 0) is 26.1 Å². The average Bonchev–Trinajstić information content (AvgIpc) is 2.71. The Hall–Kier alpha value is -2.71. The standard InChI is InChI=1S/C21H26N2O5S/c1-3-28-21(25)18-10-12-19(13-11-18)29(26,27)23-14-4-5-20(24)22-15-17-8-6-16(2)7-9-17/h6-13,23H,3-5,14-15H2,1-2H3,(H,22,24). The van der Waals surface area contributed by atoms with E-state index in [1.807, 2.05) is 31.2 Å². The maximum absolute atomic E-state index is 12.3. The van der Waals surface area contributed by atoms with Crippen molar-refractivity contribution in [2.45, 2.75) is 38.1 Å². The van der Waals surface area contributed by atoms with Crippen LogP contribution in [0.2, 0.25) is 0 Å². The number of carbonyl (C=O) groups is 2. The Bertz CT molecular complexity index is 923. The zero-order valence-electron chi connectivity index (χ0n) is 16.6. The molecular weight excluding hydrogens is 392 g/mol. The second-order valence-electron chi connectivity index (χ2n) is 6.51. The number of aryl methyl sites for hydroxylation is 1. The van der Waals surface area contributed by atoms with Crippen LogP contribution in [0.3, 0.4) is 0 Å². The van der Waals surface area contributed by atoms with E-state index in [1.54, 1.807) is 6.92 Å². The van der Waals surface area contributed by atoms with Crippen molar-refractivity contribution in [2.24, 2.45) is 0 Å². The van der Waals surface area contributed by atoms with Crippen LogP contribution in [0.5, 0.6) is 0 Å². The van der Waals surface area contributed by atoms with Crippen molar-refractivity contribution in [3.05, 3.63) is 65.2 Å². The van der Waals surface area contributed by atoms with E-state index in [1.165, 1.54) is 24.3 Å². The maximum Gasteiger partial charge on any atom is 0.338 e. The molecule has 0 saturated heterocycles. The van der Waals surface area contributed by atoms with Crippen LogP contribution >= 0.6 is 0 Å². The highest BCUT2D eigenvalue weighted by atomic mass is 32.2. The predicted octanol–water partition coefficient (Wildman–Crippen LogP) is 2.55. The maximum atomic E-state index is 12.3. The van der Waals surface area contributed by atoms with Crippen LogP contribution in [0.15, 0.2) is 53.4 Å². The molecule has 0 aliphatic carbocycles. The monoisotopic (exact) mass is 418 g/mol. The van der Waals surface area contributed by atoms with Crippen molar-refractivity contribution in [1.82, 2.24) is 10.0 Å². The summed E-state index contributed by atoms with van der Waals surface area (Å²) in [5.74, 6) is -0.635. The summed E-state index contributed by atoms with van der Waals surface area (Å²) < 4.78 is 31.9. The fourth-order valence-electron chi connectivity index (χ4n) is 2.52. The van der Waals surface area contributed by atoms with E-state index >= 15 is 0 Å². The van der Waals surface area contributed by atoms with Gasteiger partial charge in [0.25, 0.3) is 0 Å². The van der Waals surface area contributed by atoms with Gasteiger partial charge in [-0.1, -0.05) is 29.8 Å². The molecule has 0 unspecified atom stereocenters. The summed E-state index contributed by atoms with van der Waals surface area (Å²) in [7, 11) is -3.71. The Kier molecular flexibility index (Phi) is 8.35. The quantitative estimate of drug-likeness (QED) is 0.456. The van der Waals surface area contributed by atoms with Crippen LogP contribution in [0.1, 0.15) is 41.3 Å². The molecule has 7 nitrogen and oxygen atoms in total. The highest BCUT2D eigenvalue weighted by Crippen LogP contribution is 2.11. The van der Waals surface area contributed by atoms with Crippen molar-refractivity contribution in [3.8, 4) is 0 Å². The zero-order valence-corrected chi connectivity index (χ0v) is 17.4. The SMILES string of the molecule is CCOC(=O)c1ccc(S(=O)(=O)NCCCC(=O)NCc2ccc(C)cc2)cc1. The molecule has 2 N–H and O–H groups in total. The molecule has 8 heteroatoms. The minimum absolute atomic E-state index is 0.0503. The van der Waals surface area contributed by atoms with E-state index < -0.39 is 16.0 Å². The Morgan fingerprint density at radius 2 is 1.66 bits per heavy atom. The molecular formula is C21H26N2O5S. The average molecular weight is 419 g/mol. The van der Waals surface area contributed by atoms with Crippen LogP contribution in [0, 0.1) is 6.92 Å². The highest BCUT2D eigenvalue weighted by molar-refractivity contribution is 7.89. The lowest BCUT2D eigenvalue weighted by molar-refractivity contribution is -0.121. The van der Waals surface area contributed by atoms with Crippen molar-refractivity contribution in [1.29, 1.82) is 0 Å². The first-order chi connectivity index (χ1) is 13.8. The first-order valence-electron chi connectivity index (χ1n) is 9.41. The molecule has 0 bridgehead atoms. The number of nitrogens with one attached hydrogen (secondary N) is 2. The third kappa shape index (κ3) is 7.32. The fraction of sp³-hybridized carbons (Fsp3) is 0.333. The first-order valence-corrected chi connectivity index (χ1v) is 10.9. The number of hydrogen-bond acceptors (Lipinski definition) is 5. The van der Waals surface area contributed by atoms with Gasteiger partial charge in [-0.2, -0.15) is 0 Å². The van der Waals surface area contributed by atoms with Crippen molar-refractivity contribution < 1.29 is 22.7 Å². The van der Waals surface area contributed by atoms with Crippen LogP contribution in [-0.4, -0.2) is 33.4 Å². The lowest BCUT2D eigenvalue weighted by Crippen LogP contribution is -2.27. The molecule has 0 fully saturated rings. The van der Waals surface area contributed by atoms with Crippen LogP contribution < -0.4 is 10.0 Å². The topological polar surface area (TPSA) is 102 Å². The first kappa shape index (κ1) is 22.6. The van der Waals surface area contributed by atoms with Gasteiger partial charge in [0.15, 0.2) is 0 Å². The van der Waals surface area contributed by atoms with E-state index in [2.05, 4.69) is 10.0 Å². The number of carbonyl (C=O) groups excluding carboxylic acids is 2. The lowest BCUT2D eigenvalue weighted by atomic mass is 10.1. The third-order valence-corrected chi connectivity index (χ3v) is 5.64. The molecule has 1 amide bonds. The summed E-state index contributed by atoms with van der Waals surface area (Å²) in [5.41, 5.74) is 2.45. The summed E-state index contributed by atoms with van der Waals surface area (Å²) in [6, 6.07) is 13.4. The van der Waals surface area contributed by atoms with Gasteiger partial charge in [0.2, 0.25) is 15.9 Å². The number of hydrogen-bond donors (Lipinski definition) is 2. The molecule has 0 aliphatic heterocycles. The second kappa shape index (κ2) is 10.7. The number of benzene rings is 2. The van der Waals surface area contributed by atoms with Crippen molar-refractivity contribution in [2.75, 3.05) is 13.2 Å². The van der Waals surface area contributed by atoms with Gasteiger partial charge in [0.05, 0.1) is 17.1 Å². The molecule has 0 heterocycles. The predicted molar refractivity (Wildman–Crippen MR) is 110 cm³/mol. The molecule has 0 atom stereocenters. The largest absolute Gasteiger partial charge is 0.462 e. The number of sulfonamides is 1. The molecule has 0 saturated carbocycles. The lowest BCUT2D eigenvalue weighted by Gasteiger charge is -2.08.